The molecular weight excluding hydrogens is 370 g/mol. The summed E-state index contributed by atoms with van der Waals surface area (Å²) in [4.78, 5) is 17.6. The molecule has 1 aromatic heterocycles. The summed E-state index contributed by atoms with van der Waals surface area (Å²) in [6, 6.07) is 6.92. The van der Waals surface area contributed by atoms with Crippen LogP contribution in [0.3, 0.4) is 0 Å². The van der Waals surface area contributed by atoms with E-state index in [4.69, 9.17) is 0 Å². The number of hydrogen-bond acceptors (Lipinski definition) is 5. The van der Waals surface area contributed by atoms with Crippen molar-refractivity contribution < 1.29 is 13.2 Å². The van der Waals surface area contributed by atoms with Gasteiger partial charge in [-0.05, 0) is 50.5 Å². The lowest BCUT2D eigenvalue weighted by Gasteiger charge is -2.17. The fraction of sp³-hybridized carbons (Fsp3) is 0.444. The van der Waals surface area contributed by atoms with E-state index < -0.39 is 10.0 Å². The summed E-state index contributed by atoms with van der Waals surface area (Å²) < 4.78 is 25.4. The number of sulfonamides is 1. The van der Waals surface area contributed by atoms with Gasteiger partial charge in [-0.3, -0.25) is 9.10 Å². The van der Waals surface area contributed by atoms with E-state index in [0.29, 0.717) is 29.2 Å². The summed E-state index contributed by atoms with van der Waals surface area (Å²) in [7, 11) is -3.19. The second-order valence-corrected chi connectivity index (χ2v) is 9.46. The minimum Gasteiger partial charge on any atom is -0.321 e. The van der Waals surface area contributed by atoms with E-state index in [2.05, 4.69) is 17.2 Å². The highest BCUT2D eigenvalue weighted by Crippen LogP contribution is 2.26. The lowest BCUT2D eigenvalue weighted by molar-refractivity contribution is 0.103. The predicted octanol–water partition coefficient (Wildman–Crippen LogP) is 3.59. The number of nitrogens with one attached hydrogen (secondary N) is 1. The molecule has 1 aliphatic rings. The van der Waals surface area contributed by atoms with E-state index in [9.17, 15) is 13.2 Å². The van der Waals surface area contributed by atoms with Gasteiger partial charge >= 0.3 is 0 Å². The third-order valence-electron chi connectivity index (χ3n) is 4.30. The number of aryl methyl sites for hydroxylation is 2. The monoisotopic (exact) mass is 393 g/mol. The number of hydrogen-bond donors (Lipinski definition) is 1. The van der Waals surface area contributed by atoms with Crippen molar-refractivity contribution in [3.05, 3.63) is 39.8 Å². The average molecular weight is 394 g/mol. The number of benzene rings is 1. The molecule has 0 saturated carbocycles. The van der Waals surface area contributed by atoms with Gasteiger partial charge in [0.05, 0.1) is 22.1 Å². The molecule has 1 saturated heterocycles. The highest BCUT2D eigenvalue weighted by Gasteiger charge is 2.28. The summed E-state index contributed by atoms with van der Waals surface area (Å²) in [6.07, 6.45) is 3.70. The molecule has 3 rings (SSSR count). The third-order valence-corrected chi connectivity index (χ3v) is 7.39. The van der Waals surface area contributed by atoms with Crippen LogP contribution in [0.15, 0.2) is 24.3 Å². The summed E-state index contributed by atoms with van der Waals surface area (Å²) in [5, 5.41) is 3.86. The third kappa shape index (κ3) is 4.07. The van der Waals surface area contributed by atoms with Crippen LogP contribution in [-0.4, -0.2) is 31.6 Å². The van der Waals surface area contributed by atoms with E-state index >= 15 is 0 Å². The van der Waals surface area contributed by atoms with Crippen LogP contribution in [0, 0.1) is 6.92 Å². The first-order valence-electron chi connectivity index (χ1n) is 8.79. The van der Waals surface area contributed by atoms with Gasteiger partial charge in [-0.2, -0.15) is 0 Å². The number of anilines is 2. The zero-order valence-electron chi connectivity index (χ0n) is 15.0. The summed E-state index contributed by atoms with van der Waals surface area (Å²) in [5.41, 5.74) is 2.02. The SMILES string of the molecule is CCCCc1nc(C)c(C(=O)Nc2ccc(N3CCCS3(=O)=O)cc2)s1. The number of rotatable bonds is 6. The van der Waals surface area contributed by atoms with Gasteiger partial charge in [-0.25, -0.2) is 13.4 Å². The molecule has 0 bridgehead atoms. The molecule has 8 heteroatoms. The molecule has 26 heavy (non-hydrogen) atoms. The van der Waals surface area contributed by atoms with Crippen molar-refractivity contribution in [3.63, 3.8) is 0 Å². The number of aromatic nitrogens is 1. The Morgan fingerprint density at radius 1 is 1.31 bits per heavy atom. The first-order valence-corrected chi connectivity index (χ1v) is 11.2. The van der Waals surface area contributed by atoms with Gasteiger partial charge < -0.3 is 5.32 Å². The Morgan fingerprint density at radius 3 is 2.65 bits per heavy atom. The molecule has 0 radical (unpaired) electrons. The van der Waals surface area contributed by atoms with Gasteiger partial charge in [0.25, 0.3) is 5.91 Å². The van der Waals surface area contributed by atoms with E-state index in [1.165, 1.54) is 15.6 Å². The van der Waals surface area contributed by atoms with Crippen LogP contribution < -0.4 is 9.62 Å². The number of nitrogens with zero attached hydrogens (tertiary/aromatic N) is 2. The molecular formula is C18H23N3O3S2. The number of unbranched alkanes of at least 4 members (excludes halogenated alkanes) is 1. The van der Waals surface area contributed by atoms with E-state index in [1.54, 1.807) is 24.3 Å². The molecule has 0 aliphatic carbocycles. The normalized spacial score (nSPS) is 16.0. The molecule has 0 spiro atoms. The van der Waals surface area contributed by atoms with E-state index in [0.717, 1.165) is 30.0 Å². The Labute approximate surface area is 158 Å². The van der Waals surface area contributed by atoms with Gasteiger partial charge in [0.15, 0.2) is 0 Å². The summed E-state index contributed by atoms with van der Waals surface area (Å²) in [5.74, 6) is 0.0144. The molecule has 0 unspecified atom stereocenters. The summed E-state index contributed by atoms with van der Waals surface area (Å²) in [6.45, 7) is 4.49. The molecule has 2 heterocycles. The van der Waals surface area contributed by atoms with Gasteiger partial charge in [-0.15, -0.1) is 11.3 Å². The van der Waals surface area contributed by atoms with Crippen LogP contribution in [0.25, 0.3) is 0 Å². The van der Waals surface area contributed by atoms with Gasteiger partial charge in [-0.1, -0.05) is 13.3 Å². The largest absolute Gasteiger partial charge is 0.321 e. The standard InChI is InChI=1S/C18H23N3O3S2/c1-3-4-6-16-19-13(2)17(25-16)18(22)20-14-7-9-15(10-8-14)21-11-5-12-26(21,23)24/h7-10H,3-6,11-12H2,1-2H3,(H,20,22). The zero-order chi connectivity index (χ0) is 18.7. The van der Waals surface area contributed by atoms with Gasteiger partial charge in [0.2, 0.25) is 10.0 Å². The Morgan fingerprint density at radius 2 is 2.04 bits per heavy atom. The molecule has 1 fully saturated rings. The maximum absolute atomic E-state index is 12.5. The van der Waals surface area contributed by atoms with Crippen molar-refractivity contribution in [2.75, 3.05) is 21.9 Å². The van der Waals surface area contributed by atoms with Crippen LogP contribution in [0.1, 0.15) is 46.6 Å². The molecule has 1 amide bonds. The number of thiazole rings is 1. The van der Waals surface area contributed by atoms with Crippen molar-refractivity contribution >= 4 is 38.6 Å². The van der Waals surface area contributed by atoms with E-state index in [-0.39, 0.29) is 11.7 Å². The first kappa shape index (κ1) is 18.8. The lowest BCUT2D eigenvalue weighted by Crippen LogP contribution is -2.24. The Kier molecular flexibility index (Phi) is 5.62. The molecule has 6 nitrogen and oxygen atoms in total. The second kappa shape index (κ2) is 7.75. The van der Waals surface area contributed by atoms with Crippen molar-refractivity contribution in [2.24, 2.45) is 0 Å². The number of carbonyl (C=O) groups is 1. The zero-order valence-corrected chi connectivity index (χ0v) is 16.6. The molecule has 2 aromatic rings. The van der Waals surface area contributed by atoms with Crippen LogP contribution in [0.5, 0.6) is 0 Å². The maximum Gasteiger partial charge on any atom is 0.267 e. The average Bonchev–Trinajstić information content (AvgIpc) is 3.15. The van der Waals surface area contributed by atoms with Crippen LogP contribution in [0.2, 0.25) is 0 Å². The second-order valence-electron chi connectivity index (χ2n) is 6.37. The smallest absolute Gasteiger partial charge is 0.267 e. The number of amides is 1. The fourth-order valence-corrected chi connectivity index (χ4v) is 5.49. The van der Waals surface area contributed by atoms with Crippen molar-refractivity contribution in [3.8, 4) is 0 Å². The minimum atomic E-state index is -3.19. The topological polar surface area (TPSA) is 79.4 Å². The van der Waals surface area contributed by atoms with Gasteiger partial charge in [0.1, 0.15) is 4.88 Å². The molecule has 1 N–H and O–H groups in total. The fourth-order valence-electron chi connectivity index (χ4n) is 2.93. The van der Waals surface area contributed by atoms with Crippen LogP contribution in [0.4, 0.5) is 11.4 Å². The molecule has 0 atom stereocenters. The van der Waals surface area contributed by atoms with Crippen molar-refractivity contribution in [1.82, 2.24) is 4.98 Å². The van der Waals surface area contributed by atoms with Crippen molar-refractivity contribution in [2.45, 2.75) is 39.5 Å². The molecule has 1 aromatic carbocycles. The minimum absolute atomic E-state index is 0.177. The first-order chi connectivity index (χ1) is 12.4. The molecule has 1 aliphatic heterocycles. The Hall–Kier alpha value is -1.93. The predicted molar refractivity (Wildman–Crippen MR) is 106 cm³/mol. The quantitative estimate of drug-likeness (QED) is 0.813. The summed E-state index contributed by atoms with van der Waals surface area (Å²) >= 11 is 1.44. The van der Waals surface area contributed by atoms with Crippen LogP contribution >= 0.6 is 11.3 Å². The Bertz CT molecular complexity index is 889. The highest BCUT2D eigenvalue weighted by atomic mass is 32.2. The maximum atomic E-state index is 12.5. The van der Waals surface area contributed by atoms with Crippen LogP contribution in [-0.2, 0) is 16.4 Å². The molecule has 140 valence electrons. The van der Waals surface area contributed by atoms with E-state index in [1.807, 2.05) is 6.92 Å². The highest BCUT2D eigenvalue weighted by molar-refractivity contribution is 7.93. The Balaban J connectivity index is 1.69. The lowest BCUT2D eigenvalue weighted by atomic mass is 10.2. The number of carbonyl (C=O) groups excluding carboxylic acids is 1. The van der Waals surface area contributed by atoms with Crippen molar-refractivity contribution in [1.29, 1.82) is 0 Å². The van der Waals surface area contributed by atoms with Gasteiger partial charge in [0, 0.05) is 12.2 Å².